The summed E-state index contributed by atoms with van der Waals surface area (Å²) < 4.78 is 0. The maximum Gasteiger partial charge on any atom is 0.160 e. The van der Waals surface area contributed by atoms with Gasteiger partial charge in [-0.1, -0.05) is 11.6 Å². The number of ketones is 1. The maximum absolute atomic E-state index is 11.0. The summed E-state index contributed by atoms with van der Waals surface area (Å²) in [5.41, 5.74) is 0.754. The van der Waals surface area contributed by atoms with E-state index in [-0.39, 0.29) is 5.78 Å². The number of rotatable bonds is 2. The van der Waals surface area contributed by atoms with Crippen LogP contribution in [0.25, 0.3) is 0 Å². The van der Waals surface area contributed by atoms with E-state index >= 15 is 0 Å². The van der Waals surface area contributed by atoms with Crippen molar-refractivity contribution in [2.75, 3.05) is 0 Å². The first-order valence-corrected chi connectivity index (χ1v) is 3.78. The van der Waals surface area contributed by atoms with Crippen LogP contribution in [0.15, 0.2) is 18.2 Å². The molecule has 1 aromatic carbocycles. The Balaban J connectivity index is 3.30. The van der Waals surface area contributed by atoms with Crippen LogP contribution in [0.3, 0.4) is 0 Å². The number of hydrogen-bond acceptors (Lipinski definition) is 2. The molecule has 0 aliphatic heterocycles. The maximum atomic E-state index is 11.0. The molecule has 0 bridgehead atoms. The Labute approximate surface area is 75.2 Å². The fourth-order valence-corrected chi connectivity index (χ4v) is 1.11. The topological polar surface area (TPSA) is 34.1 Å². The van der Waals surface area contributed by atoms with Crippen LogP contribution in [0, 0.1) is 0 Å². The van der Waals surface area contributed by atoms with E-state index < -0.39 is 0 Å². The minimum Gasteiger partial charge on any atom is -0.298 e. The van der Waals surface area contributed by atoms with Crippen LogP contribution in [-0.4, -0.2) is 12.1 Å². The molecule has 0 amide bonds. The number of carbonyl (C=O) groups excluding carboxylic acids is 2. The van der Waals surface area contributed by atoms with Crippen molar-refractivity contribution in [3.8, 4) is 0 Å². The fraction of sp³-hybridized carbons (Fsp3) is 0.111. The summed E-state index contributed by atoms with van der Waals surface area (Å²) in [4.78, 5) is 21.4. The standard InChI is InChI=1S/C9H7ClO2/c1-6(12)9-4-8(10)3-2-7(9)5-11/h2-5H,1H3. The highest BCUT2D eigenvalue weighted by molar-refractivity contribution is 6.31. The first-order valence-electron chi connectivity index (χ1n) is 3.41. The van der Waals surface area contributed by atoms with Gasteiger partial charge in [-0.05, 0) is 25.1 Å². The van der Waals surface area contributed by atoms with Crippen LogP contribution < -0.4 is 0 Å². The van der Waals surface area contributed by atoms with E-state index in [9.17, 15) is 9.59 Å². The van der Waals surface area contributed by atoms with Crippen LogP contribution in [0.4, 0.5) is 0 Å². The molecule has 3 heteroatoms. The SMILES string of the molecule is CC(=O)c1cc(Cl)ccc1C=O. The van der Waals surface area contributed by atoms with Gasteiger partial charge in [0.25, 0.3) is 0 Å². The summed E-state index contributed by atoms with van der Waals surface area (Å²) in [5.74, 6) is -0.153. The van der Waals surface area contributed by atoms with Gasteiger partial charge in [0.05, 0.1) is 0 Å². The molecule has 0 aromatic heterocycles. The third-order valence-electron chi connectivity index (χ3n) is 1.52. The number of benzene rings is 1. The Morgan fingerprint density at radius 2 is 2.17 bits per heavy atom. The van der Waals surface area contributed by atoms with E-state index in [1.165, 1.54) is 19.1 Å². The van der Waals surface area contributed by atoms with Gasteiger partial charge < -0.3 is 0 Å². The lowest BCUT2D eigenvalue weighted by Gasteiger charge is -1.99. The largest absolute Gasteiger partial charge is 0.298 e. The summed E-state index contributed by atoms with van der Waals surface area (Å²) >= 11 is 5.65. The highest BCUT2D eigenvalue weighted by atomic mass is 35.5. The minimum atomic E-state index is -0.153. The number of Topliss-reactive ketones (excluding diaryl/α,β-unsaturated/α-hetero) is 1. The molecule has 0 N–H and O–H groups in total. The zero-order valence-corrected chi connectivity index (χ0v) is 7.26. The smallest absolute Gasteiger partial charge is 0.160 e. The first kappa shape index (κ1) is 8.94. The third-order valence-corrected chi connectivity index (χ3v) is 1.76. The van der Waals surface area contributed by atoms with E-state index in [4.69, 9.17) is 11.6 Å². The van der Waals surface area contributed by atoms with E-state index in [0.29, 0.717) is 22.4 Å². The van der Waals surface area contributed by atoms with Crippen molar-refractivity contribution in [3.63, 3.8) is 0 Å². The Kier molecular flexibility index (Phi) is 2.61. The molecule has 1 aromatic rings. The molecule has 2 nitrogen and oxygen atoms in total. The van der Waals surface area contributed by atoms with E-state index in [0.717, 1.165) is 0 Å². The lowest BCUT2D eigenvalue weighted by molar-refractivity contribution is 0.101. The van der Waals surface area contributed by atoms with Crippen molar-refractivity contribution in [1.29, 1.82) is 0 Å². The van der Waals surface area contributed by atoms with Crippen LogP contribution in [0.2, 0.25) is 5.02 Å². The molecule has 0 saturated carbocycles. The van der Waals surface area contributed by atoms with Gasteiger partial charge in [-0.3, -0.25) is 9.59 Å². The molecule has 0 atom stereocenters. The van der Waals surface area contributed by atoms with Gasteiger partial charge in [0.2, 0.25) is 0 Å². The number of carbonyl (C=O) groups is 2. The van der Waals surface area contributed by atoms with Crippen molar-refractivity contribution >= 4 is 23.7 Å². The van der Waals surface area contributed by atoms with Crippen molar-refractivity contribution in [2.45, 2.75) is 6.92 Å². The molecule has 12 heavy (non-hydrogen) atoms. The van der Waals surface area contributed by atoms with Crippen LogP contribution >= 0.6 is 11.6 Å². The molecule has 0 heterocycles. The molecular weight excluding hydrogens is 176 g/mol. The highest BCUT2D eigenvalue weighted by Gasteiger charge is 2.06. The van der Waals surface area contributed by atoms with Crippen molar-refractivity contribution < 1.29 is 9.59 Å². The summed E-state index contributed by atoms with van der Waals surface area (Å²) in [6, 6.07) is 4.61. The Bertz CT molecular complexity index is 331. The number of hydrogen-bond donors (Lipinski definition) is 0. The fourth-order valence-electron chi connectivity index (χ4n) is 0.936. The third kappa shape index (κ3) is 1.71. The molecule has 0 spiro atoms. The van der Waals surface area contributed by atoms with Crippen LogP contribution in [0.5, 0.6) is 0 Å². The average molecular weight is 183 g/mol. The monoisotopic (exact) mass is 182 g/mol. The Hall–Kier alpha value is -1.15. The highest BCUT2D eigenvalue weighted by Crippen LogP contribution is 2.14. The average Bonchev–Trinajstić information content (AvgIpc) is 2.04. The molecule has 1 rings (SSSR count). The van der Waals surface area contributed by atoms with E-state index in [1.807, 2.05) is 0 Å². The van der Waals surface area contributed by atoms with E-state index in [1.54, 1.807) is 6.07 Å². The second-order valence-corrected chi connectivity index (χ2v) is 2.84. The molecule has 0 radical (unpaired) electrons. The molecular formula is C9H7ClO2. The molecule has 62 valence electrons. The molecule has 0 fully saturated rings. The summed E-state index contributed by atoms with van der Waals surface area (Å²) in [6.45, 7) is 1.40. The normalized spacial score (nSPS) is 9.50. The lowest BCUT2D eigenvalue weighted by atomic mass is 10.1. The number of aldehydes is 1. The van der Waals surface area contributed by atoms with Gasteiger partial charge in [0.15, 0.2) is 12.1 Å². The molecule has 0 aliphatic carbocycles. The van der Waals surface area contributed by atoms with Gasteiger partial charge in [-0.15, -0.1) is 0 Å². The Morgan fingerprint density at radius 1 is 1.50 bits per heavy atom. The van der Waals surface area contributed by atoms with Crippen LogP contribution in [0.1, 0.15) is 27.6 Å². The zero-order chi connectivity index (χ0) is 9.14. The first-order chi connectivity index (χ1) is 5.65. The zero-order valence-electron chi connectivity index (χ0n) is 6.50. The quantitative estimate of drug-likeness (QED) is 0.520. The van der Waals surface area contributed by atoms with Gasteiger partial charge in [-0.25, -0.2) is 0 Å². The summed E-state index contributed by atoms with van der Waals surface area (Å²) in [6.07, 6.45) is 0.646. The Morgan fingerprint density at radius 3 is 2.67 bits per heavy atom. The summed E-state index contributed by atoms with van der Waals surface area (Å²) in [5, 5.41) is 0.464. The lowest BCUT2D eigenvalue weighted by Crippen LogP contribution is -1.97. The van der Waals surface area contributed by atoms with Crippen LogP contribution in [-0.2, 0) is 0 Å². The van der Waals surface area contributed by atoms with Crippen molar-refractivity contribution in [2.24, 2.45) is 0 Å². The van der Waals surface area contributed by atoms with Gasteiger partial charge in [-0.2, -0.15) is 0 Å². The molecule has 0 unspecified atom stereocenters. The van der Waals surface area contributed by atoms with Crippen molar-refractivity contribution in [3.05, 3.63) is 34.3 Å². The molecule has 0 saturated heterocycles. The van der Waals surface area contributed by atoms with Gasteiger partial charge in [0.1, 0.15) is 0 Å². The van der Waals surface area contributed by atoms with Crippen molar-refractivity contribution in [1.82, 2.24) is 0 Å². The summed E-state index contributed by atoms with van der Waals surface area (Å²) in [7, 11) is 0. The van der Waals surface area contributed by atoms with Gasteiger partial charge >= 0.3 is 0 Å². The van der Waals surface area contributed by atoms with Gasteiger partial charge in [0, 0.05) is 16.1 Å². The predicted molar refractivity (Wildman–Crippen MR) is 46.8 cm³/mol. The second-order valence-electron chi connectivity index (χ2n) is 2.41. The number of halogens is 1. The van der Waals surface area contributed by atoms with E-state index in [2.05, 4.69) is 0 Å². The second kappa shape index (κ2) is 3.50. The molecule has 0 aliphatic rings. The predicted octanol–water partition coefficient (Wildman–Crippen LogP) is 2.36. The minimum absolute atomic E-state index is 0.153.